The summed E-state index contributed by atoms with van der Waals surface area (Å²) in [5, 5.41) is 38.5. The minimum absolute atomic E-state index is 0.208. The Labute approximate surface area is 78.0 Å². The van der Waals surface area contributed by atoms with Gasteiger partial charge in [-0.15, -0.1) is 0 Å². The third-order valence-electron chi connectivity index (χ3n) is 2.09. The van der Waals surface area contributed by atoms with Gasteiger partial charge in [0.1, 0.15) is 18.8 Å². The van der Waals surface area contributed by atoms with Crippen LogP contribution in [0, 0.1) is 5.92 Å². The molecule has 0 fully saturated rings. The molecule has 0 aromatic rings. The van der Waals surface area contributed by atoms with Crippen molar-refractivity contribution in [1.82, 2.24) is 0 Å². The van der Waals surface area contributed by atoms with Crippen molar-refractivity contribution in [3.63, 3.8) is 0 Å². The first kappa shape index (κ1) is 12.8. The second-order valence-electron chi connectivity index (χ2n) is 3.35. The topological polar surface area (TPSA) is 97.5 Å². The molecule has 80 valence electrons. The number of rotatable bonds is 6. The highest BCUT2D eigenvalue weighted by Gasteiger charge is 2.29. The molecule has 0 saturated carbocycles. The Kier molecular flexibility index (Phi) is 6.19. The van der Waals surface area contributed by atoms with Crippen LogP contribution in [0.2, 0.25) is 0 Å². The highest BCUT2D eigenvalue weighted by Crippen LogP contribution is 2.09. The fraction of sp³-hybridized carbons (Fsp3) is 1.00. The molecule has 4 atom stereocenters. The third kappa shape index (κ3) is 4.02. The number of nitrogens with two attached hydrogens (primary N) is 1. The molecule has 0 aliphatic rings. The van der Waals surface area contributed by atoms with Gasteiger partial charge in [-0.05, 0) is 0 Å². The molecule has 6 N–H and O–H groups in total. The van der Waals surface area contributed by atoms with Gasteiger partial charge in [0, 0.05) is 12.5 Å². The van der Waals surface area contributed by atoms with Crippen molar-refractivity contribution in [2.24, 2.45) is 5.92 Å². The first-order valence-corrected chi connectivity index (χ1v) is 4.47. The molecule has 0 heterocycles. The Bertz CT molecular complexity index is 133. The SMILES string of the molecule is C[NH2+]C[C@H](O)C(O)[C@H](O)[C@H](C)CO. The summed E-state index contributed by atoms with van der Waals surface area (Å²) in [5.74, 6) is -0.429. The summed E-state index contributed by atoms with van der Waals surface area (Å²) < 4.78 is 0. The average Bonchev–Trinajstić information content (AvgIpc) is 2.14. The predicted molar refractivity (Wildman–Crippen MR) is 47.0 cm³/mol. The van der Waals surface area contributed by atoms with Crippen molar-refractivity contribution >= 4 is 0 Å². The summed E-state index contributed by atoms with van der Waals surface area (Å²) in [6.07, 6.45) is -3.24. The smallest absolute Gasteiger partial charge is 0.131 e. The van der Waals surface area contributed by atoms with Gasteiger partial charge < -0.3 is 25.7 Å². The van der Waals surface area contributed by atoms with Gasteiger partial charge in [0.2, 0.25) is 0 Å². The van der Waals surface area contributed by atoms with Crippen LogP contribution < -0.4 is 5.32 Å². The zero-order chi connectivity index (χ0) is 10.4. The van der Waals surface area contributed by atoms with E-state index in [-0.39, 0.29) is 6.61 Å². The van der Waals surface area contributed by atoms with E-state index in [9.17, 15) is 15.3 Å². The molecule has 0 aliphatic heterocycles. The predicted octanol–water partition coefficient (Wildman–Crippen LogP) is -3.11. The Morgan fingerprint density at radius 2 is 1.69 bits per heavy atom. The summed E-state index contributed by atoms with van der Waals surface area (Å²) in [6, 6.07) is 0. The lowest BCUT2D eigenvalue weighted by Crippen LogP contribution is -2.83. The molecular weight excluding hydrogens is 174 g/mol. The van der Waals surface area contributed by atoms with Crippen LogP contribution in [0.15, 0.2) is 0 Å². The lowest BCUT2D eigenvalue weighted by molar-refractivity contribution is -0.635. The van der Waals surface area contributed by atoms with Gasteiger partial charge in [-0.1, -0.05) is 6.92 Å². The van der Waals surface area contributed by atoms with Crippen molar-refractivity contribution < 1.29 is 25.7 Å². The molecule has 0 amide bonds. The maximum atomic E-state index is 9.40. The minimum atomic E-state index is -1.20. The number of hydrogen-bond acceptors (Lipinski definition) is 4. The van der Waals surface area contributed by atoms with E-state index in [1.807, 2.05) is 0 Å². The first-order valence-electron chi connectivity index (χ1n) is 4.47. The molecule has 0 rings (SSSR count). The maximum absolute atomic E-state index is 9.40. The third-order valence-corrected chi connectivity index (χ3v) is 2.09. The van der Waals surface area contributed by atoms with E-state index in [4.69, 9.17) is 5.11 Å². The monoisotopic (exact) mass is 194 g/mol. The van der Waals surface area contributed by atoms with Crippen LogP contribution in [0.25, 0.3) is 0 Å². The number of hydrogen-bond donors (Lipinski definition) is 5. The van der Waals surface area contributed by atoms with E-state index in [2.05, 4.69) is 0 Å². The number of aliphatic hydroxyl groups is 4. The van der Waals surface area contributed by atoms with Crippen molar-refractivity contribution in [2.75, 3.05) is 20.2 Å². The maximum Gasteiger partial charge on any atom is 0.131 e. The summed E-state index contributed by atoms with van der Waals surface area (Å²) in [5.41, 5.74) is 0. The van der Waals surface area contributed by atoms with Gasteiger partial charge in [-0.2, -0.15) is 0 Å². The van der Waals surface area contributed by atoms with Crippen LogP contribution >= 0.6 is 0 Å². The summed E-state index contributed by atoms with van der Waals surface area (Å²) in [6.45, 7) is 1.73. The lowest BCUT2D eigenvalue weighted by Gasteiger charge is -2.25. The summed E-state index contributed by atoms with van der Waals surface area (Å²) in [7, 11) is 1.76. The van der Waals surface area contributed by atoms with E-state index >= 15 is 0 Å². The van der Waals surface area contributed by atoms with E-state index in [1.165, 1.54) is 0 Å². The van der Waals surface area contributed by atoms with Crippen LogP contribution in [0.1, 0.15) is 6.92 Å². The fourth-order valence-electron chi connectivity index (χ4n) is 1.05. The zero-order valence-electron chi connectivity index (χ0n) is 8.09. The number of likely N-dealkylation sites (N-methyl/N-ethyl adjacent to an activating group) is 1. The van der Waals surface area contributed by atoms with Crippen molar-refractivity contribution in [3.8, 4) is 0 Å². The highest BCUT2D eigenvalue weighted by atomic mass is 16.4. The molecule has 0 saturated heterocycles. The molecule has 0 aliphatic carbocycles. The first-order chi connectivity index (χ1) is 6.04. The summed E-state index contributed by atoms with van der Waals surface area (Å²) >= 11 is 0. The van der Waals surface area contributed by atoms with Crippen LogP contribution in [0.3, 0.4) is 0 Å². The normalized spacial score (nSPS) is 20.8. The van der Waals surface area contributed by atoms with Crippen molar-refractivity contribution in [2.45, 2.75) is 25.2 Å². The van der Waals surface area contributed by atoms with Crippen molar-refractivity contribution in [1.29, 1.82) is 0 Å². The Balaban J connectivity index is 3.99. The van der Waals surface area contributed by atoms with Gasteiger partial charge in [-0.25, -0.2) is 0 Å². The van der Waals surface area contributed by atoms with E-state index < -0.39 is 24.2 Å². The van der Waals surface area contributed by atoms with Gasteiger partial charge in [0.25, 0.3) is 0 Å². The van der Waals surface area contributed by atoms with E-state index in [1.54, 1.807) is 19.3 Å². The van der Waals surface area contributed by atoms with Gasteiger partial charge >= 0.3 is 0 Å². The largest absolute Gasteiger partial charge is 0.396 e. The second-order valence-corrected chi connectivity index (χ2v) is 3.35. The van der Waals surface area contributed by atoms with Gasteiger partial charge in [-0.3, -0.25) is 0 Å². The van der Waals surface area contributed by atoms with E-state index in [0.717, 1.165) is 0 Å². The molecule has 5 heteroatoms. The second kappa shape index (κ2) is 6.28. The molecule has 13 heavy (non-hydrogen) atoms. The number of aliphatic hydroxyl groups excluding tert-OH is 4. The molecule has 0 radical (unpaired) electrons. The van der Waals surface area contributed by atoms with Gasteiger partial charge in [0.05, 0.1) is 13.2 Å². The Morgan fingerprint density at radius 3 is 2.08 bits per heavy atom. The van der Waals surface area contributed by atoms with Gasteiger partial charge in [0.15, 0.2) is 0 Å². The molecule has 0 spiro atoms. The Hall–Kier alpha value is -0.200. The quantitative estimate of drug-likeness (QED) is 0.309. The van der Waals surface area contributed by atoms with Crippen molar-refractivity contribution in [3.05, 3.63) is 0 Å². The standard InChI is InChI=1S/C8H19NO4/c1-5(4-10)7(12)8(13)6(11)3-9-2/h5-13H,3-4H2,1-2H3/p+1/t5-,6+,7-,8?/m1/s1. The lowest BCUT2D eigenvalue weighted by atomic mass is 9.97. The molecular formula is C8H20NO4+. The highest BCUT2D eigenvalue weighted by molar-refractivity contribution is 4.77. The summed E-state index contributed by atoms with van der Waals surface area (Å²) in [4.78, 5) is 0. The van der Waals surface area contributed by atoms with E-state index in [0.29, 0.717) is 6.54 Å². The minimum Gasteiger partial charge on any atom is -0.396 e. The molecule has 0 bridgehead atoms. The Morgan fingerprint density at radius 1 is 1.15 bits per heavy atom. The fourth-order valence-corrected chi connectivity index (χ4v) is 1.05. The van der Waals surface area contributed by atoms with Crippen LogP contribution in [0.5, 0.6) is 0 Å². The molecule has 1 unspecified atom stereocenters. The van der Waals surface area contributed by atoms with Crippen LogP contribution in [-0.4, -0.2) is 58.9 Å². The molecule has 5 nitrogen and oxygen atoms in total. The average molecular weight is 194 g/mol. The zero-order valence-corrected chi connectivity index (χ0v) is 8.09. The van der Waals surface area contributed by atoms with Crippen LogP contribution in [-0.2, 0) is 0 Å². The number of quaternary nitrogens is 1. The molecule has 0 aromatic heterocycles. The van der Waals surface area contributed by atoms with Crippen LogP contribution in [0.4, 0.5) is 0 Å². The molecule has 0 aromatic carbocycles.